The Kier molecular flexibility index (Phi) is 47.7. The number of aliphatic hydroxyl groups excluding tert-OH is 1. The maximum atomic E-state index is 12.9. The maximum Gasteiger partial charge on any atom is 0.472 e. The van der Waals surface area contributed by atoms with Gasteiger partial charge < -0.3 is 33.8 Å². The van der Waals surface area contributed by atoms with Crippen molar-refractivity contribution < 1.29 is 80.2 Å². The maximum absolute atomic E-state index is 12.9. The van der Waals surface area contributed by atoms with Gasteiger partial charge in [-0.1, -0.05) is 215 Å². The van der Waals surface area contributed by atoms with Crippen LogP contribution in [0.2, 0.25) is 0 Å². The molecule has 0 fully saturated rings. The topological polar surface area (TPSA) is 237 Å². The zero-order chi connectivity index (χ0) is 56.7. The molecular weight excluding hydrogens is 1020 g/mol. The third kappa shape index (κ3) is 49.1. The van der Waals surface area contributed by atoms with E-state index in [-0.39, 0.29) is 25.7 Å². The Morgan fingerprint density at radius 2 is 0.671 bits per heavy atom. The molecule has 450 valence electrons. The lowest BCUT2D eigenvalue weighted by molar-refractivity contribution is -0.161. The Balaban J connectivity index is 5.21. The summed E-state index contributed by atoms with van der Waals surface area (Å²) in [5.41, 5.74) is 0. The van der Waals surface area contributed by atoms with Crippen LogP contribution in [0.25, 0.3) is 0 Å². The van der Waals surface area contributed by atoms with Gasteiger partial charge in [-0.15, -0.1) is 0 Å². The fourth-order valence-corrected chi connectivity index (χ4v) is 9.76. The molecule has 0 rings (SSSR count). The van der Waals surface area contributed by atoms with Gasteiger partial charge in [0, 0.05) is 25.7 Å². The van der Waals surface area contributed by atoms with Crippen molar-refractivity contribution in [3.05, 3.63) is 0 Å². The Morgan fingerprint density at radius 3 is 1.00 bits per heavy atom. The highest BCUT2D eigenvalue weighted by Crippen LogP contribution is 2.45. The molecule has 0 aliphatic heterocycles. The standard InChI is InChI=1S/C57H110O17P2/c1-8-11-12-21-31-38-54(59)67-44-52(74-57(62)41-34-27-20-18-24-30-37-50(7)10-3)46-71-75(63,64)69-42-51(58)43-70-76(65,66)72-47-53(45-68-55(60)39-32-25-19-17-23-29-36-49(6)9-2)73-56(61)40-33-26-16-14-13-15-22-28-35-48(4)5/h48-53,58H,8-47H2,1-7H3,(H,63,64)(H,65,66)/t49?,50?,51-,52+,53+/m0/s1. The largest absolute Gasteiger partial charge is 0.472 e. The summed E-state index contributed by atoms with van der Waals surface area (Å²) in [7, 11) is -9.87. The third-order valence-corrected chi connectivity index (χ3v) is 15.5. The predicted octanol–water partition coefficient (Wildman–Crippen LogP) is 14.8. The fourth-order valence-electron chi connectivity index (χ4n) is 8.18. The van der Waals surface area contributed by atoms with Crippen molar-refractivity contribution in [2.75, 3.05) is 39.6 Å². The average molecular weight is 1130 g/mol. The smallest absolute Gasteiger partial charge is 0.462 e. The Labute approximate surface area is 460 Å². The van der Waals surface area contributed by atoms with Gasteiger partial charge in [-0.3, -0.25) is 37.3 Å². The molecule has 0 spiro atoms. The number of phosphoric ester groups is 2. The lowest BCUT2D eigenvalue weighted by Crippen LogP contribution is -2.30. The van der Waals surface area contributed by atoms with Crippen LogP contribution in [0.3, 0.4) is 0 Å². The van der Waals surface area contributed by atoms with Crippen LogP contribution in [0.15, 0.2) is 0 Å². The molecule has 7 atom stereocenters. The first-order valence-corrected chi connectivity index (χ1v) is 32.9. The number of unbranched alkanes of at least 4 members (excludes halogenated alkanes) is 21. The number of esters is 4. The number of ether oxygens (including phenoxy) is 4. The summed E-state index contributed by atoms with van der Waals surface area (Å²) in [5.74, 6) is 0.00862. The van der Waals surface area contributed by atoms with Crippen LogP contribution < -0.4 is 0 Å². The first-order chi connectivity index (χ1) is 36.3. The summed E-state index contributed by atoms with van der Waals surface area (Å²) < 4.78 is 67.5. The normalized spacial score (nSPS) is 15.3. The molecule has 19 heteroatoms. The summed E-state index contributed by atoms with van der Waals surface area (Å²) in [4.78, 5) is 71.6. The van der Waals surface area contributed by atoms with Crippen LogP contribution in [0.4, 0.5) is 0 Å². The van der Waals surface area contributed by atoms with E-state index in [9.17, 15) is 43.2 Å². The summed E-state index contributed by atoms with van der Waals surface area (Å²) in [5, 5.41) is 10.5. The molecular formula is C57H110O17P2. The second-order valence-electron chi connectivity index (χ2n) is 21.6. The molecule has 76 heavy (non-hydrogen) atoms. The molecule has 0 aliphatic carbocycles. The second kappa shape index (κ2) is 48.9. The molecule has 0 amide bonds. The lowest BCUT2D eigenvalue weighted by atomic mass is 10.00. The average Bonchev–Trinajstić information content (AvgIpc) is 3.38. The fraction of sp³-hybridized carbons (Fsp3) is 0.930. The van der Waals surface area contributed by atoms with Gasteiger partial charge in [0.2, 0.25) is 0 Å². The van der Waals surface area contributed by atoms with E-state index < -0.39 is 97.5 Å². The minimum absolute atomic E-state index is 0.101. The van der Waals surface area contributed by atoms with Crippen molar-refractivity contribution in [1.29, 1.82) is 0 Å². The molecule has 0 aliphatic rings. The Hall–Kier alpha value is -1.94. The predicted molar refractivity (Wildman–Crippen MR) is 298 cm³/mol. The van der Waals surface area contributed by atoms with Crippen molar-refractivity contribution in [1.82, 2.24) is 0 Å². The van der Waals surface area contributed by atoms with E-state index in [0.717, 1.165) is 120 Å². The van der Waals surface area contributed by atoms with Gasteiger partial charge in [-0.05, 0) is 43.4 Å². The Bertz CT molecular complexity index is 1530. The van der Waals surface area contributed by atoms with Crippen molar-refractivity contribution in [2.24, 2.45) is 17.8 Å². The van der Waals surface area contributed by atoms with Gasteiger partial charge in [-0.25, -0.2) is 9.13 Å². The summed E-state index contributed by atoms with van der Waals surface area (Å²) in [6.45, 7) is 11.5. The van der Waals surface area contributed by atoms with Gasteiger partial charge in [-0.2, -0.15) is 0 Å². The van der Waals surface area contributed by atoms with E-state index in [1.165, 1.54) is 64.2 Å². The molecule has 0 saturated heterocycles. The molecule has 3 N–H and O–H groups in total. The van der Waals surface area contributed by atoms with Gasteiger partial charge in [0.25, 0.3) is 0 Å². The van der Waals surface area contributed by atoms with Crippen molar-refractivity contribution in [3.63, 3.8) is 0 Å². The number of hydrogen-bond acceptors (Lipinski definition) is 15. The van der Waals surface area contributed by atoms with Gasteiger partial charge in [0.1, 0.15) is 19.3 Å². The number of aliphatic hydroxyl groups is 1. The van der Waals surface area contributed by atoms with E-state index in [0.29, 0.717) is 25.7 Å². The first kappa shape index (κ1) is 74.1. The number of hydrogen-bond donors (Lipinski definition) is 3. The van der Waals surface area contributed by atoms with Crippen molar-refractivity contribution >= 4 is 39.5 Å². The third-order valence-electron chi connectivity index (χ3n) is 13.6. The quantitative estimate of drug-likeness (QED) is 0.0222. The van der Waals surface area contributed by atoms with Crippen LogP contribution in [0.5, 0.6) is 0 Å². The minimum atomic E-state index is -4.94. The summed E-state index contributed by atoms with van der Waals surface area (Å²) in [6, 6.07) is 0. The van der Waals surface area contributed by atoms with Crippen LogP contribution in [0, 0.1) is 17.8 Å². The SMILES string of the molecule is CCCCCCCC(=O)OC[C@H](COP(=O)(O)OC[C@H](O)COP(=O)(O)OC[C@@H](COC(=O)CCCCCCCCC(C)CC)OC(=O)CCCCCCCCCCC(C)C)OC(=O)CCCCCCCCC(C)CC. The van der Waals surface area contributed by atoms with E-state index >= 15 is 0 Å². The second-order valence-corrected chi connectivity index (χ2v) is 24.5. The van der Waals surface area contributed by atoms with E-state index in [4.69, 9.17) is 37.0 Å². The molecule has 0 bridgehead atoms. The van der Waals surface area contributed by atoms with Crippen LogP contribution >= 0.6 is 15.6 Å². The number of phosphoric acid groups is 2. The molecule has 0 heterocycles. The number of carbonyl (C=O) groups excluding carboxylic acids is 4. The zero-order valence-electron chi connectivity index (χ0n) is 48.7. The zero-order valence-corrected chi connectivity index (χ0v) is 50.5. The van der Waals surface area contributed by atoms with Crippen molar-refractivity contribution in [3.8, 4) is 0 Å². The van der Waals surface area contributed by atoms with Gasteiger partial charge in [0.05, 0.1) is 26.4 Å². The Morgan fingerprint density at radius 1 is 0.382 bits per heavy atom. The van der Waals surface area contributed by atoms with Gasteiger partial charge >= 0.3 is 39.5 Å². The van der Waals surface area contributed by atoms with Gasteiger partial charge in [0.15, 0.2) is 12.2 Å². The lowest BCUT2D eigenvalue weighted by Gasteiger charge is -2.21. The highest BCUT2D eigenvalue weighted by molar-refractivity contribution is 7.47. The minimum Gasteiger partial charge on any atom is -0.462 e. The van der Waals surface area contributed by atoms with Crippen LogP contribution in [-0.2, 0) is 65.4 Å². The molecule has 0 aromatic carbocycles. The molecule has 0 aromatic rings. The molecule has 4 unspecified atom stereocenters. The number of carbonyl (C=O) groups is 4. The van der Waals surface area contributed by atoms with Crippen LogP contribution in [0.1, 0.15) is 267 Å². The highest BCUT2D eigenvalue weighted by atomic mass is 31.2. The van der Waals surface area contributed by atoms with E-state index in [1.807, 2.05) is 0 Å². The summed E-state index contributed by atoms with van der Waals surface area (Å²) in [6.07, 6.45) is 27.1. The molecule has 17 nitrogen and oxygen atoms in total. The van der Waals surface area contributed by atoms with Crippen molar-refractivity contribution in [2.45, 2.75) is 285 Å². The molecule has 0 aromatic heterocycles. The van der Waals surface area contributed by atoms with Crippen LogP contribution in [-0.4, -0.2) is 96.7 Å². The molecule has 0 radical (unpaired) electrons. The number of rotatable bonds is 55. The van der Waals surface area contributed by atoms with E-state index in [2.05, 4.69) is 48.5 Å². The highest BCUT2D eigenvalue weighted by Gasteiger charge is 2.30. The first-order valence-electron chi connectivity index (χ1n) is 29.9. The van der Waals surface area contributed by atoms with E-state index in [1.54, 1.807) is 0 Å². The summed E-state index contributed by atoms with van der Waals surface area (Å²) >= 11 is 0. The monoisotopic (exact) mass is 1130 g/mol. The molecule has 0 saturated carbocycles.